The van der Waals surface area contributed by atoms with Crippen molar-refractivity contribution in [2.24, 2.45) is 0 Å². The van der Waals surface area contributed by atoms with Gasteiger partial charge in [-0.15, -0.1) is 0 Å². The number of nitrogens with one attached hydrogen (secondary N) is 1. The summed E-state index contributed by atoms with van der Waals surface area (Å²) in [7, 11) is 0. The summed E-state index contributed by atoms with van der Waals surface area (Å²) in [6.07, 6.45) is 3.73. The van der Waals surface area contributed by atoms with E-state index in [-0.39, 0.29) is 18.1 Å². The maximum Gasteiger partial charge on any atom is 0.340 e. The molecule has 0 aliphatic carbocycles. The fourth-order valence-corrected chi connectivity index (χ4v) is 3.05. The van der Waals surface area contributed by atoms with E-state index in [0.29, 0.717) is 16.9 Å². The van der Waals surface area contributed by atoms with E-state index in [2.05, 4.69) is 10.3 Å². The van der Waals surface area contributed by atoms with Crippen LogP contribution in [-0.2, 0) is 11.3 Å². The number of aryl methyl sites for hydroxylation is 1. The highest BCUT2D eigenvalue weighted by Gasteiger charge is 2.16. The van der Waals surface area contributed by atoms with Gasteiger partial charge in [0.05, 0.1) is 16.9 Å². The van der Waals surface area contributed by atoms with Gasteiger partial charge in [-0.3, -0.25) is 4.79 Å². The Morgan fingerprint density at radius 1 is 1.00 bits per heavy atom. The van der Waals surface area contributed by atoms with E-state index < -0.39 is 5.97 Å². The number of para-hydroxylation sites is 1. The quantitative estimate of drug-likeness (QED) is 0.521. The molecule has 144 valence electrons. The van der Waals surface area contributed by atoms with Gasteiger partial charge in [0.1, 0.15) is 12.3 Å². The zero-order valence-corrected chi connectivity index (χ0v) is 15.8. The van der Waals surface area contributed by atoms with Crippen LogP contribution in [0.25, 0.3) is 5.65 Å². The average Bonchev–Trinajstić information content (AvgIpc) is 3.18. The third-order valence-electron chi connectivity index (χ3n) is 4.51. The number of ether oxygens (including phenoxy) is 1. The van der Waals surface area contributed by atoms with Crippen LogP contribution in [0, 0.1) is 6.92 Å². The normalized spacial score (nSPS) is 10.7. The van der Waals surface area contributed by atoms with Crippen LogP contribution in [0.2, 0.25) is 0 Å². The second-order valence-electron chi connectivity index (χ2n) is 6.60. The molecule has 6 heteroatoms. The van der Waals surface area contributed by atoms with Gasteiger partial charge in [-0.1, -0.05) is 36.4 Å². The summed E-state index contributed by atoms with van der Waals surface area (Å²) >= 11 is 0. The van der Waals surface area contributed by atoms with Gasteiger partial charge in [0.15, 0.2) is 0 Å². The van der Waals surface area contributed by atoms with E-state index in [0.717, 1.165) is 11.2 Å². The Labute approximate surface area is 167 Å². The van der Waals surface area contributed by atoms with Crippen molar-refractivity contribution >= 4 is 23.2 Å². The Hall–Kier alpha value is -3.93. The van der Waals surface area contributed by atoms with E-state index >= 15 is 0 Å². The smallest absolute Gasteiger partial charge is 0.340 e. The summed E-state index contributed by atoms with van der Waals surface area (Å²) in [4.78, 5) is 29.6. The highest BCUT2D eigenvalue weighted by molar-refractivity contribution is 6.07. The van der Waals surface area contributed by atoms with E-state index in [1.54, 1.807) is 48.5 Å². The molecule has 29 heavy (non-hydrogen) atoms. The second-order valence-corrected chi connectivity index (χ2v) is 6.60. The number of amides is 1. The van der Waals surface area contributed by atoms with Crippen LogP contribution in [-0.4, -0.2) is 21.3 Å². The molecule has 1 N–H and O–H groups in total. The Morgan fingerprint density at radius 3 is 2.55 bits per heavy atom. The molecule has 6 nitrogen and oxygen atoms in total. The molecule has 0 fully saturated rings. The number of fused-ring (bicyclic) bond motifs is 1. The minimum absolute atomic E-state index is 0.0426. The highest BCUT2D eigenvalue weighted by Crippen LogP contribution is 2.18. The molecular weight excluding hydrogens is 366 g/mol. The summed E-state index contributed by atoms with van der Waals surface area (Å²) in [6, 6.07) is 19.5. The fourth-order valence-electron chi connectivity index (χ4n) is 3.05. The van der Waals surface area contributed by atoms with Crippen LogP contribution in [0.3, 0.4) is 0 Å². The number of carbonyl (C=O) groups excluding carboxylic acids is 2. The molecule has 0 radical (unpaired) electrons. The van der Waals surface area contributed by atoms with Crippen molar-refractivity contribution in [2.45, 2.75) is 13.5 Å². The summed E-state index contributed by atoms with van der Waals surface area (Å²) in [5.41, 5.74) is 3.72. The minimum Gasteiger partial charge on any atom is -0.455 e. The third kappa shape index (κ3) is 4.01. The first-order valence-corrected chi connectivity index (χ1v) is 9.17. The van der Waals surface area contributed by atoms with Crippen LogP contribution < -0.4 is 5.32 Å². The lowest BCUT2D eigenvalue weighted by atomic mass is 10.1. The van der Waals surface area contributed by atoms with E-state index in [4.69, 9.17) is 4.74 Å². The van der Waals surface area contributed by atoms with Crippen molar-refractivity contribution < 1.29 is 14.3 Å². The van der Waals surface area contributed by atoms with Gasteiger partial charge in [-0.05, 0) is 42.8 Å². The maximum atomic E-state index is 12.6. The van der Waals surface area contributed by atoms with Crippen molar-refractivity contribution in [3.05, 3.63) is 102 Å². The van der Waals surface area contributed by atoms with E-state index in [1.807, 2.05) is 41.9 Å². The van der Waals surface area contributed by atoms with Gasteiger partial charge in [0, 0.05) is 18.0 Å². The fraction of sp³-hybridized carbons (Fsp3) is 0.0870. The lowest BCUT2D eigenvalue weighted by Gasteiger charge is -2.10. The Balaban J connectivity index is 1.48. The van der Waals surface area contributed by atoms with E-state index in [1.165, 1.54) is 0 Å². The number of aromatic nitrogens is 2. The second kappa shape index (κ2) is 7.98. The Kier molecular flexibility index (Phi) is 5.07. The van der Waals surface area contributed by atoms with Crippen molar-refractivity contribution in [3.63, 3.8) is 0 Å². The monoisotopic (exact) mass is 385 g/mol. The first-order valence-electron chi connectivity index (χ1n) is 9.17. The van der Waals surface area contributed by atoms with Crippen LogP contribution in [0.5, 0.6) is 0 Å². The number of rotatable bonds is 5. The highest BCUT2D eigenvalue weighted by atomic mass is 16.5. The molecule has 2 aromatic carbocycles. The van der Waals surface area contributed by atoms with Crippen molar-refractivity contribution in [3.8, 4) is 0 Å². The number of hydrogen-bond acceptors (Lipinski definition) is 4. The van der Waals surface area contributed by atoms with Crippen molar-refractivity contribution in [2.75, 3.05) is 5.32 Å². The standard InChI is InChI=1S/C23H19N3O3/c1-16-8-7-13-26-14-18(24-21(16)26)15-29-23(28)19-11-5-6-12-20(19)25-22(27)17-9-3-2-4-10-17/h2-14H,15H2,1H3,(H,25,27). The SMILES string of the molecule is Cc1cccn2cc(COC(=O)c3ccccc3NC(=O)c3ccccc3)nc12. The van der Waals surface area contributed by atoms with Gasteiger partial charge in [0.2, 0.25) is 0 Å². The van der Waals surface area contributed by atoms with Crippen LogP contribution in [0.4, 0.5) is 5.69 Å². The number of carbonyl (C=O) groups is 2. The molecule has 4 rings (SSSR count). The number of benzene rings is 2. The number of pyridine rings is 1. The van der Waals surface area contributed by atoms with Gasteiger partial charge >= 0.3 is 5.97 Å². The van der Waals surface area contributed by atoms with Crippen molar-refractivity contribution in [1.82, 2.24) is 9.38 Å². The van der Waals surface area contributed by atoms with Gasteiger partial charge in [-0.25, -0.2) is 9.78 Å². The molecule has 0 unspecified atom stereocenters. The molecule has 1 amide bonds. The molecule has 0 saturated carbocycles. The average molecular weight is 385 g/mol. The zero-order chi connectivity index (χ0) is 20.2. The number of nitrogens with zero attached hydrogens (tertiary/aromatic N) is 2. The molecule has 0 aliphatic rings. The van der Waals surface area contributed by atoms with Gasteiger partial charge < -0.3 is 14.5 Å². The van der Waals surface area contributed by atoms with Crippen LogP contribution >= 0.6 is 0 Å². The third-order valence-corrected chi connectivity index (χ3v) is 4.51. The summed E-state index contributed by atoms with van der Waals surface area (Å²) in [6.45, 7) is 2.02. The first-order chi connectivity index (χ1) is 14.1. The molecule has 2 aromatic heterocycles. The molecule has 4 aromatic rings. The van der Waals surface area contributed by atoms with Gasteiger partial charge in [-0.2, -0.15) is 0 Å². The first kappa shape index (κ1) is 18.4. The molecular formula is C23H19N3O3. The molecule has 0 saturated heterocycles. The summed E-state index contributed by atoms with van der Waals surface area (Å²) < 4.78 is 7.34. The molecule has 0 spiro atoms. The minimum atomic E-state index is -0.525. The topological polar surface area (TPSA) is 72.7 Å². The molecule has 2 heterocycles. The summed E-state index contributed by atoms with van der Waals surface area (Å²) in [5.74, 6) is -0.815. The number of esters is 1. The maximum absolute atomic E-state index is 12.6. The van der Waals surface area contributed by atoms with Crippen LogP contribution in [0.15, 0.2) is 79.1 Å². The largest absolute Gasteiger partial charge is 0.455 e. The Bertz CT molecular complexity index is 1180. The van der Waals surface area contributed by atoms with E-state index in [9.17, 15) is 9.59 Å². The molecule has 0 bridgehead atoms. The van der Waals surface area contributed by atoms with Crippen LogP contribution in [0.1, 0.15) is 32.0 Å². The number of anilines is 1. The van der Waals surface area contributed by atoms with Gasteiger partial charge in [0.25, 0.3) is 5.91 Å². The number of hydrogen-bond donors (Lipinski definition) is 1. The number of imidazole rings is 1. The Morgan fingerprint density at radius 2 is 1.76 bits per heavy atom. The summed E-state index contributed by atoms with van der Waals surface area (Å²) in [5, 5.41) is 2.78. The lowest BCUT2D eigenvalue weighted by Crippen LogP contribution is -2.15. The molecule has 0 aliphatic heterocycles. The zero-order valence-electron chi connectivity index (χ0n) is 15.8. The van der Waals surface area contributed by atoms with Crippen molar-refractivity contribution in [1.29, 1.82) is 0 Å². The molecule has 0 atom stereocenters. The lowest BCUT2D eigenvalue weighted by molar-refractivity contribution is 0.0469. The predicted octanol–water partition coefficient (Wildman–Crippen LogP) is 4.25. The predicted molar refractivity (Wildman–Crippen MR) is 110 cm³/mol.